The van der Waals surface area contributed by atoms with Gasteiger partial charge in [0.25, 0.3) is 0 Å². The predicted octanol–water partition coefficient (Wildman–Crippen LogP) is 2.29. The van der Waals surface area contributed by atoms with Gasteiger partial charge in [0.05, 0.1) is 0 Å². The lowest BCUT2D eigenvalue weighted by atomic mass is 10.2. The summed E-state index contributed by atoms with van der Waals surface area (Å²) in [6, 6.07) is 0. The second-order valence-electron chi connectivity index (χ2n) is 2.91. The van der Waals surface area contributed by atoms with Gasteiger partial charge in [-0.2, -0.15) is 0 Å². The van der Waals surface area contributed by atoms with Gasteiger partial charge in [-0.3, -0.25) is 0 Å². The molecule has 0 aliphatic carbocycles. The fraction of sp³-hybridized carbons (Fsp3) is 0.500. The van der Waals surface area contributed by atoms with Gasteiger partial charge in [-0.1, -0.05) is 12.8 Å². The van der Waals surface area contributed by atoms with E-state index in [2.05, 4.69) is 5.92 Å². The normalized spacial score (nSPS) is 38.9. The average molecular weight is 154 g/mol. The molecule has 2 heteroatoms. The summed E-state index contributed by atoms with van der Waals surface area (Å²) < 4.78 is 11.5. The molecule has 0 radical (unpaired) electrons. The van der Waals surface area contributed by atoms with Crippen molar-refractivity contribution in [3.63, 3.8) is 0 Å². The van der Waals surface area contributed by atoms with Crippen molar-refractivity contribution in [3.05, 3.63) is 11.4 Å². The smallest absolute Gasteiger partial charge is 0.109 e. The van der Waals surface area contributed by atoms with Crippen LogP contribution in [0, 0.1) is 12.3 Å². The van der Waals surface area contributed by atoms with E-state index in [1.54, 1.807) is 12.5 Å². The summed E-state index contributed by atoms with van der Waals surface area (Å²) in [6.45, 7) is 3.78. The van der Waals surface area contributed by atoms with Gasteiger partial charge >= 0.3 is 0 Å². The maximum absolute atomic E-state index is 11.5. The molecule has 0 aromatic heterocycles. The van der Waals surface area contributed by atoms with Crippen LogP contribution in [0.15, 0.2) is 11.4 Å². The third-order valence-corrected chi connectivity index (χ3v) is 4.75. The van der Waals surface area contributed by atoms with Crippen molar-refractivity contribution in [2.45, 2.75) is 19.0 Å². The van der Waals surface area contributed by atoms with Gasteiger partial charge in [0, 0.05) is 11.2 Å². The molecule has 0 spiro atoms. The Hall–Kier alpha value is -0.470. The van der Waals surface area contributed by atoms with Crippen LogP contribution in [-0.4, -0.2) is 12.3 Å². The summed E-state index contributed by atoms with van der Waals surface area (Å²) in [4.78, 5) is 0. The van der Waals surface area contributed by atoms with Crippen LogP contribution in [0.2, 0.25) is 0 Å². The number of hydrogen-bond acceptors (Lipinski definition) is 1. The fourth-order valence-electron chi connectivity index (χ4n) is 1.09. The molecule has 0 amide bonds. The molecule has 0 saturated heterocycles. The van der Waals surface area contributed by atoms with Gasteiger partial charge in [0.2, 0.25) is 0 Å². The third-order valence-electron chi connectivity index (χ3n) is 1.99. The van der Waals surface area contributed by atoms with Crippen molar-refractivity contribution in [1.82, 2.24) is 0 Å². The first-order valence-corrected chi connectivity index (χ1v) is 5.61. The van der Waals surface area contributed by atoms with Gasteiger partial charge in [0.1, 0.15) is 7.14 Å². The first-order valence-electron chi connectivity index (χ1n) is 3.31. The SMILES string of the molecule is C#CC1=CP(C)(=O)C(C)C1. The standard InChI is InChI=1S/C8H11OP/c1-4-8-5-7(2)10(3,9)6-8/h1,6-7H,5H2,2-3H3. The van der Waals surface area contributed by atoms with Gasteiger partial charge in [-0.05, 0) is 18.9 Å². The summed E-state index contributed by atoms with van der Waals surface area (Å²) in [5.41, 5.74) is 1.18. The monoisotopic (exact) mass is 154 g/mol. The highest BCUT2D eigenvalue weighted by Crippen LogP contribution is 2.56. The fourth-order valence-corrected chi connectivity index (χ4v) is 2.70. The Bertz CT molecular complexity index is 257. The van der Waals surface area contributed by atoms with Crippen LogP contribution in [0.5, 0.6) is 0 Å². The highest BCUT2D eigenvalue weighted by molar-refractivity contribution is 7.67. The topological polar surface area (TPSA) is 17.1 Å². The van der Waals surface area contributed by atoms with Crippen LogP contribution in [0.4, 0.5) is 0 Å². The molecule has 10 heavy (non-hydrogen) atoms. The molecule has 0 N–H and O–H groups in total. The molecular weight excluding hydrogens is 143 g/mol. The highest BCUT2D eigenvalue weighted by Gasteiger charge is 2.28. The largest absolute Gasteiger partial charge is 0.319 e. The number of rotatable bonds is 0. The Morgan fingerprint density at radius 1 is 1.90 bits per heavy atom. The van der Waals surface area contributed by atoms with Crippen LogP contribution in [0.3, 0.4) is 0 Å². The molecule has 2 unspecified atom stereocenters. The number of allylic oxidation sites excluding steroid dienone is 1. The van der Waals surface area contributed by atoms with Crippen molar-refractivity contribution in [2.24, 2.45) is 0 Å². The van der Waals surface area contributed by atoms with E-state index in [4.69, 9.17) is 6.42 Å². The van der Waals surface area contributed by atoms with E-state index < -0.39 is 7.14 Å². The minimum absolute atomic E-state index is 0.263. The zero-order valence-electron chi connectivity index (χ0n) is 6.29. The van der Waals surface area contributed by atoms with E-state index >= 15 is 0 Å². The van der Waals surface area contributed by atoms with Gasteiger partial charge in [-0.15, -0.1) is 6.42 Å². The van der Waals surface area contributed by atoms with E-state index in [1.807, 2.05) is 6.92 Å². The van der Waals surface area contributed by atoms with Crippen molar-refractivity contribution in [3.8, 4) is 12.3 Å². The minimum Gasteiger partial charge on any atom is -0.319 e. The van der Waals surface area contributed by atoms with Crippen LogP contribution in [0.25, 0.3) is 0 Å². The van der Waals surface area contributed by atoms with Crippen molar-refractivity contribution < 1.29 is 4.57 Å². The summed E-state index contributed by atoms with van der Waals surface area (Å²) >= 11 is 0. The lowest BCUT2D eigenvalue weighted by Gasteiger charge is -2.07. The predicted molar refractivity (Wildman–Crippen MR) is 44.5 cm³/mol. The van der Waals surface area contributed by atoms with Crippen LogP contribution >= 0.6 is 7.14 Å². The maximum Gasteiger partial charge on any atom is 0.109 e. The summed E-state index contributed by atoms with van der Waals surface area (Å²) in [5, 5.41) is 0. The molecule has 1 nitrogen and oxygen atoms in total. The molecule has 0 bridgehead atoms. The molecule has 54 valence electrons. The second-order valence-corrected chi connectivity index (χ2v) is 6.17. The van der Waals surface area contributed by atoms with Gasteiger partial charge in [0.15, 0.2) is 0 Å². The molecule has 1 aliphatic heterocycles. The average Bonchev–Trinajstić information content (AvgIpc) is 2.08. The third kappa shape index (κ3) is 1.18. The molecule has 1 heterocycles. The molecule has 0 saturated carbocycles. The van der Waals surface area contributed by atoms with E-state index in [-0.39, 0.29) is 5.66 Å². The zero-order valence-corrected chi connectivity index (χ0v) is 7.19. The quantitative estimate of drug-likeness (QED) is 0.386. The molecule has 1 rings (SSSR count). The van der Waals surface area contributed by atoms with Gasteiger partial charge < -0.3 is 4.57 Å². The highest BCUT2D eigenvalue weighted by atomic mass is 31.2. The first-order chi connectivity index (χ1) is 4.56. The molecule has 0 aromatic rings. The van der Waals surface area contributed by atoms with Crippen LogP contribution in [-0.2, 0) is 4.57 Å². The first kappa shape index (κ1) is 7.63. The zero-order chi connectivity index (χ0) is 7.78. The van der Waals surface area contributed by atoms with Crippen LogP contribution < -0.4 is 0 Å². The van der Waals surface area contributed by atoms with Crippen LogP contribution in [0.1, 0.15) is 13.3 Å². The summed E-state index contributed by atoms with van der Waals surface area (Å²) in [6.07, 6.45) is 6.00. The Morgan fingerprint density at radius 3 is 2.70 bits per heavy atom. The lowest BCUT2D eigenvalue weighted by Crippen LogP contribution is -1.93. The summed E-state index contributed by atoms with van der Waals surface area (Å²) in [7, 11) is -2.01. The molecule has 2 atom stereocenters. The Kier molecular flexibility index (Phi) is 1.75. The second kappa shape index (κ2) is 2.29. The van der Waals surface area contributed by atoms with E-state index in [9.17, 15) is 4.57 Å². The van der Waals surface area contributed by atoms with Crippen molar-refractivity contribution in [2.75, 3.05) is 6.66 Å². The Balaban J connectivity index is 2.95. The number of terminal acetylenes is 1. The Labute approximate surface area is 61.9 Å². The molecule has 1 aliphatic rings. The Morgan fingerprint density at radius 2 is 2.50 bits per heavy atom. The maximum atomic E-state index is 11.5. The van der Waals surface area contributed by atoms with E-state index in [1.165, 1.54) is 0 Å². The van der Waals surface area contributed by atoms with E-state index in [0.717, 1.165) is 12.0 Å². The van der Waals surface area contributed by atoms with Gasteiger partial charge in [-0.25, -0.2) is 0 Å². The van der Waals surface area contributed by atoms with Crippen molar-refractivity contribution in [1.29, 1.82) is 0 Å². The molecule has 0 fully saturated rings. The number of hydrogen-bond donors (Lipinski definition) is 0. The van der Waals surface area contributed by atoms with Crippen molar-refractivity contribution >= 4 is 7.14 Å². The lowest BCUT2D eigenvalue weighted by molar-refractivity contribution is 0.578. The molecular formula is C8H11OP. The minimum atomic E-state index is -2.01. The van der Waals surface area contributed by atoms with E-state index in [0.29, 0.717) is 0 Å². The molecule has 0 aromatic carbocycles. The summed E-state index contributed by atoms with van der Waals surface area (Å²) in [5.74, 6) is 4.31.